The first-order valence-corrected chi connectivity index (χ1v) is 9.85. The van der Waals surface area contributed by atoms with Gasteiger partial charge in [-0.15, -0.1) is 0 Å². The molecule has 126 valence electrons. The van der Waals surface area contributed by atoms with Crippen molar-refractivity contribution in [2.45, 2.75) is 24.6 Å². The lowest BCUT2D eigenvalue weighted by molar-refractivity contribution is 0.186. The summed E-state index contributed by atoms with van der Waals surface area (Å²) >= 11 is 0. The highest BCUT2D eigenvalue weighted by Gasteiger charge is 2.38. The maximum atomic E-state index is 12.8. The second kappa shape index (κ2) is 5.86. The van der Waals surface area contributed by atoms with Gasteiger partial charge in [0.25, 0.3) is 5.56 Å². The Balaban J connectivity index is 1.61. The van der Waals surface area contributed by atoms with Gasteiger partial charge in [0.15, 0.2) is 0 Å². The van der Waals surface area contributed by atoms with Gasteiger partial charge in [0.1, 0.15) is 0 Å². The van der Waals surface area contributed by atoms with Gasteiger partial charge in [-0.25, -0.2) is 12.7 Å². The van der Waals surface area contributed by atoms with Crippen LogP contribution in [0.3, 0.4) is 0 Å². The van der Waals surface area contributed by atoms with Crippen LogP contribution in [0.2, 0.25) is 0 Å². The Bertz CT molecular complexity index is 905. The number of benzene rings is 1. The summed E-state index contributed by atoms with van der Waals surface area (Å²) in [5.41, 5.74) is 1.80. The number of fused-ring (bicyclic) bond motifs is 4. The van der Waals surface area contributed by atoms with Gasteiger partial charge in [-0.3, -0.25) is 4.79 Å². The molecular formula is C18H20N2O3S. The summed E-state index contributed by atoms with van der Waals surface area (Å²) in [5, 5.41) is 0. The molecule has 2 bridgehead atoms. The van der Waals surface area contributed by atoms with E-state index in [4.69, 9.17) is 0 Å². The first-order valence-electron chi connectivity index (χ1n) is 8.24. The van der Waals surface area contributed by atoms with E-state index in [-0.39, 0.29) is 23.1 Å². The molecule has 2 aromatic rings. The first kappa shape index (κ1) is 15.6. The fourth-order valence-corrected chi connectivity index (χ4v) is 5.60. The van der Waals surface area contributed by atoms with Gasteiger partial charge in [-0.2, -0.15) is 0 Å². The number of hydrogen-bond donors (Lipinski definition) is 0. The molecule has 0 saturated carbocycles. The van der Waals surface area contributed by atoms with Crippen molar-refractivity contribution in [1.29, 1.82) is 0 Å². The molecule has 2 aliphatic heterocycles. The van der Waals surface area contributed by atoms with Crippen LogP contribution in [-0.2, 0) is 22.3 Å². The van der Waals surface area contributed by atoms with E-state index in [0.717, 1.165) is 17.7 Å². The Kier molecular flexibility index (Phi) is 3.81. The second-order valence-corrected chi connectivity index (χ2v) is 8.73. The van der Waals surface area contributed by atoms with Crippen molar-refractivity contribution in [2.75, 3.05) is 13.1 Å². The summed E-state index contributed by atoms with van der Waals surface area (Å²) in [6.07, 6.45) is 0.959. The molecule has 0 aliphatic carbocycles. The van der Waals surface area contributed by atoms with Crippen molar-refractivity contribution in [3.63, 3.8) is 0 Å². The fourth-order valence-electron chi connectivity index (χ4n) is 3.96. The van der Waals surface area contributed by atoms with Crippen molar-refractivity contribution in [1.82, 2.24) is 8.87 Å². The van der Waals surface area contributed by atoms with Crippen LogP contribution in [0.4, 0.5) is 0 Å². The largest absolute Gasteiger partial charge is 0.312 e. The smallest absolute Gasteiger partial charge is 0.250 e. The number of sulfonamides is 1. The van der Waals surface area contributed by atoms with Crippen LogP contribution in [0, 0.1) is 5.92 Å². The number of pyridine rings is 1. The van der Waals surface area contributed by atoms with Crippen LogP contribution in [0.1, 0.15) is 23.6 Å². The molecular weight excluding hydrogens is 324 g/mol. The molecule has 2 aliphatic rings. The SMILES string of the molecule is O=c1cccc2n1C[C@@H]1C[C@@H]2CN(S(=O)(=O)Cc2ccccc2)C1. The molecule has 6 heteroatoms. The summed E-state index contributed by atoms with van der Waals surface area (Å²) in [7, 11) is -3.35. The van der Waals surface area contributed by atoms with Crippen LogP contribution in [0.25, 0.3) is 0 Å². The molecule has 3 heterocycles. The van der Waals surface area contributed by atoms with Gasteiger partial charge in [0.2, 0.25) is 10.0 Å². The topological polar surface area (TPSA) is 59.4 Å². The van der Waals surface area contributed by atoms with Gasteiger partial charge in [0, 0.05) is 37.3 Å². The third-order valence-corrected chi connectivity index (χ3v) is 6.81. The first-order chi connectivity index (χ1) is 11.5. The average Bonchev–Trinajstić information content (AvgIpc) is 2.56. The molecule has 1 aromatic carbocycles. The minimum absolute atomic E-state index is 0.0165. The number of nitrogens with zero attached hydrogens (tertiary/aromatic N) is 2. The molecule has 0 radical (unpaired) electrons. The molecule has 1 aromatic heterocycles. The van der Waals surface area contributed by atoms with Crippen molar-refractivity contribution in [3.05, 3.63) is 70.1 Å². The Labute approximate surface area is 141 Å². The lowest BCUT2D eigenvalue weighted by Gasteiger charge is -2.42. The highest BCUT2D eigenvalue weighted by atomic mass is 32.2. The molecule has 0 unspecified atom stereocenters. The van der Waals surface area contributed by atoms with E-state index in [0.29, 0.717) is 19.6 Å². The molecule has 24 heavy (non-hydrogen) atoms. The molecule has 0 N–H and O–H groups in total. The molecule has 0 spiro atoms. The van der Waals surface area contributed by atoms with E-state index in [2.05, 4.69) is 0 Å². The maximum Gasteiger partial charge on any atom is 0.250 e. The summed E-state index contributed by atoms with van der Waals surface area (Å²) in [4.78, 5) is 12.0. The van der Waals surface area contributed by atoms with Crippen LogP contribution in [0.15, 0.2) is 53.3 Å². The van der Waals surface area contributed by atoms with E-state index in [1.807, 2.05) is 41.0 Å². The lowest BCUT2D eigenvalue weighted by Crippen LogP contribution is -2.49. The van der Waals surface area contributed by atoms with E-state index in [9.17, 15) is 13.2 Å². The van der Waals surface area contributed by atoms with Crippen LogP contribution < -0.4 is 5.56 Å². The van der Waals surface area contributed by atoms with E-state index >= 15 is 0 Å². The van der Waals surface area contributed by atoms with Gasteiger partial charge < -0.3 is 4.57 Å². The van der Waals surface area contributed by atoms with Gasteiger partial charge in [-0.05, 0) is 24.0 Å². The summed E-state index contributed by atoms with van der Waals surface area (Å²) in [6, 6.07) is 14.6. The van der Waals surface area contributed by atoms with Gasteiger partial charge >= 0.3 is 0 Å². The Morgan fingerprint density at radius 2 is 1.75 bits per heavy atom. The number of piperidine rings is 1. The Morgan fingerprint density at radius 3 is 2.54 bits per heavy atom. The zero-order valence-electron chi connectivity index (χ0n) is 13.3. The molecule has 0 amide bonds. The molecule has 2 atom stereocenters. The summed E-state index contributed by atoms with van der Waals surface area (Å²) in [5.74, 6) is 0.355. The van der Waals surface area contributed by atoms with Crippen molar-refractivity contribution in [2.24, 2.45) is 5.92 Å². The number of rotatable bonds is 3. The van der Waals surface area contributed by atoms with Crippen molar-refractivity contribution in [3.8, 4) is 0 Å². The Hall–Kier alpha value is -1.92. The standard InChI is InChI=1S/C18H20N2O3S/c21-18-8-4-7-17-16-9-15(11-20(17)18)10-19(12-16)24(22,23)13-14-5-2-1-3-6-14/h1-8,15-16H,9-13H2/t15-,16-/m1/s1. The quantitative estimate of drug-likeness (QED) is 0.853. The van der Waals surface area contributed by atoms with E-state index in [1.54, 1.807) is 16.4 Å². The number of aromatic nitrogens is 1. The number of hydrogen-bond acceptors (Lipinski definition) is 3. The zero-order chi connectivity index (χ0) is 16.7. The fraction of sp³-hybridized carbons (Fsp3) is 0.389. The highest BCUT2D eigenvalue weighted by Crippen LogP contribution is 2.36. The lowest BCUT2D eigenvalue weighted by atomic mass is 9.84. The predicted octanol–water partition coefficient (Wildman–Crippen LogP) is 1.80. The average molecular weight is 344 g/mol. The van der Waals surface area contributed by atoms with Gasteiger partial charge in [0.05, 0.1) is 5.75 Å². The van der Waals surface area contributed by atoms with Crippen LogP contribution in [0.5, 0.6) is 0 Å². The normalized spacial score (nSPS) is 23.7. The molecule has 1 fully saturated rings. The summed E-state index contributed by atoms with van der Waals surface area (Å²) < 4.78 is 29.1. The maximum absolute atomic E-state index is 12.8. The van der Waals surface area contributed by atoms with Crippen LogP contribution >= 0.6 is 0 Å². The van der Waals surface area contributed by atoms with E-state index in [1.165, 1.54) is 0 Å². The minimum atomic E-state index is -3.35. The molecule has 5 nitrogen and oxygen atoms in total. The van der Waals surface area contributed by atoms with Crippen molar-refractivity contribution >= 4 is 10.0 Å². The molecule has 4 rings (SSSR count). The monoisotopic (exact) mass is 344 g/mol. The summed E-state index contributed by atoms with van der Waals surface area (Å²) in [6.45, 7) is 1.59. The van der Waals surface area contributed by atoms with E-state index < -0.39 is 10.0 Å². The van der Waals surface area contributed by atoms with Crippen LogP contribution in [-0.4, -0.2) is 30.4 Å². The minimum Gasteiger partial charge on any atom is -0.312 e. The molecule has 1 saturated heterocycles. The van der Waals surface area contributed by atoms with Gasteiger partial charge in [-0.1, -0.05) is 36.4 Å². The van der Waals surface area contributed by atoms with Crippen molar-refractivity contribution < 1.29 is 8.42 Å². The second-order valence-electron chi connectivity index (χ2n) is 6.76. The third-order valence-electron chi connectivity index (χ3n) is 5.03. The Morgan fingerprint density at radius 1 is 0.958 bits per heavy atom. The zero-order valence-corrected chi connectivity index (χ0v) is 14.2. The third kappa shape index (κ3) is 2.80. The highest BCUT2D eigenvalue weighted by molar-refractivity contribution is 7.88. The predicted molar refractivity (Wildman–Crippen MR) is 92.2 cm³/mol.